The number of carbonyl (C=O) groups excluding carboxylic acids is 1. The maximum absolute atomic E-state index is 12.9. The molecule has 0 spiro atoms. The van der Waals surface area contributed by atoms with E-state index in [4.69, 9.17) is 21.1 Å². The second kappa shape index (κ2) is 10.6. The summed E-state index contributed by atoms with van der Waals surface area (Å²) in [6.07, 6.45) is 4.22. The number of esters is 1. The predicted octanol–water partition coefficient (Wildman–Crippen LogP) is 6.06. The molecule has 0 amide bonds. The quantitative estimate of drug-likeness (QED) is 0.374. The number of nitrogens with one attached hydrogen (secondary N) is 2. The average Bonchev–Trinajstić information content (AvgIpc) is 2.76. The first-order valence-electron chi connectivity index (χ1n) is 10.7. The molecule has 6 heteroatoms. The third-order valence-corrected chi connectivity index (χ3v) is 5.86. The number of benzene rings is 2. The molecule has 1 heterocycles. The summed E-state index contributed by atoms with van der Waals surface area (Å²) in [5.74, 6) is 0.620. The number of hydrogen-bond donors (Lipinski definition) is 2. The van der Waals surface area contributed by atoms with E-state index >= 15 is 0 Å². The molecule has 2 aromatic rings. The molecule has 1 aliphatic heterocycles. The van der Waals surface area contributed by atoms with Gasteiger partial charge in [-0.05, 0) is 55.8 Å². The zero-order valence-corrected chi connectivity index (χ0v) is 18.7. The molecule has 0 saturated carbocycles. The predicted molar refractivity (Wildman–Crippen MR) is 122 cm³/mol. The van der Waals surface area contributed by atoms with Gasteiger partial charge in [0.25, 0.3) is 0 Å². The molecular weight excluding hydrogens is 400 g/mol. The number of methoxy groups -OCH3 is 1. The van der Waals surface area contributed by atoms with Crippen molar-refractivity contribution >= 4 is 28.9 Å². The smallest absolute Gasteiger partial charge is 0.328 e. The van der Waals surface area contributed by atoms with Crippen molar-refractivity contribution in [2.75, 3.05) is 24.4 Å². The highest BCUT2D eigenvalue weighted by Crippen LogP contribution is 2.43. The summed E-state index contributed by atoms with van der Waals surface area (Å²) in [4.78, 5) is 12.9. The van der Waals surface area contributed by atoms with Crippen LogP contribution in [0.25, 0.3) is 0 Å². The molecule has 162 valence electrons. The minimum absolute atomic E-state index is 0.0332. The van der Waals surface area contributed by atoms with Gasteiger partial charge in [0.15, 0.2) is 0 Å². The van der Waals surface area contributed by atoms with Crippen LogP contribution in [-0.2, 0) is 9.53 Å². The summed E-state index contributed by atoms with van der Waals surface area (Å²) in [6, 6.07) is 13.1. The first kappa shape index (κ1) is 22.3. The van der Waals surface area contributed by atoms with Crippen LogP contribution in [0.4, 0.5) is 11.4 Å². The second-order valence-electron chi connectivity index (χ2n) is 7.62. The van der Waals surface area contributed by atoms with Crippen molar-refractivity contribution in [2.45, 2.75) is 51.6 Å². The van der Waals surface area contributed by atoms with E-state index in [9.17, 15) is 4.79 Å². The highest BCUT2D eigenvalue weighted by molar-refractivity contribution is 6.30. The Morgan fingerprint density at radius 1 is 1.13 bits per heavy atom. The lowest BCUT2D eigenvalue weighted by molar-refractivity contribution is -0.145. The fourth-order valence-corrected chi connectivity index (χ4v) is 4.22. The highest BCUT2D eigenvalue weighted by atomic mass is 35.5. The average molecular weight is 431 g/mol. The van der Waals surface area contributed by atoms with Crippen LogP contribution in [0.3, 0.4) is 0 Å². The zero-order chi connectivity index (χ0) is 21.5. The van der Waals surface area contributed by atoms with Gasteiger partial charge in [0.2, 0.25) is 0 Å². The molecule has 5 nitrogen and oxygen atoms in total. The van der Waals surface area contributed by atoms with E-state index < -0.39 is 6.04 Å². The van der Waals surface area contributed by atoms with Gasteiger partial charge in [-0.2, -0.15) is 0 Å². The molecule has 0 radical (unpaired) electrons. The van der Waals surface area contributed by atoms with E-state index in [1.54, 1.807) is 7.11 Å². The minimum Gasteiger partial charge on any atom is -0.497 e. The molecule has 2 N–H and O–H groups in total. The van der Waals surface area contributed by atoms with E-state index in [1.165, 1.54) is 0 Å². The molecule has 2 aromatic carbocycles. The summed E-state index contributed by atoms with van der Waals surface area (Å²) in [6.45, 7) is 4.39. The lowest BCUT2D eigenvalue weighted by atomic mass is 9.79. The van der Waals surface area contributed by atoms with Gasteiger partial charge < -0.3 is 20.1 Å². The molecule has 0 saturated heterocycles. The van der Waals surface area contributed by atoms with E-state index in [-0.39, 0.29) is 17.9 Å². The van der Waals surface area contributed by atoms with E-state index in [0.29, 0.717) is 11.6 Å². The van der Waals surface area contributed by atoms with Crippen molar-refractivity contribution in [3.63, 3.8) is 0 Å². The van der Waals surface area contributed by atoms with Gasteiger partial charge >= 0.3 is 5.97 Å². The van der Waals surface area contributed by atoms with Gasteiger partial charge in [0.1, 0.15) is 11.8 Å². The minimum atomic E-state index is -0.410. The van der Waals surface area contributed by atoms with Crippen LogP contribution in [0.5, 0.6) is 5.75 Å². The maximum Gasteiger partial charge on any atom is 0.328 e. The van der Waals surface area contributed by atoms with Gasteiger partial charge in [-0.25, -0.2) is 4.79 Å². The van der Waals surface area contributed by atoms with Crippen molar-refractivity contribution in [3.05, 3.63) is 53.1 Å². The van der Waals surface area contributed by atoms with Gasteiger partial charge in [0, 0.05) is 27.9 Å². The molecule has 3 atom stereocenters. The first-order valence-corrected chi connectivity index (χ1v) is 11.1. The van der Waals surface area contributed by atoms with E-state index in [1.807, 2.05) is 49.4 Å². The molecule has 0 bridgehead atoms. The first-order chi connectivity index (χ1) is 14.6. The number of carbonyl (C=O) groups is 1. The Morgan fingerprint density at radius 3 is 2.57 bits per heavy atom. The SMILES string of the molecule is CCCCC[C@H]1C(C(=O)OCC)Nc2ccc(OC)cc2[C@@H]1Nc1ccc(Cl)cc1. The largest absolute Gasteiger partial charge is 0.497 e. The number of halogens is 1. The van der Waals surface area contributed by atoms with Crippen LogP contribution in [0, 0.1) is 5.92 Å². The molecule has 1 unspecified atom stereocenters. The molecule has 0 aliphatic carbocycles. The number of hydrogen-bond acceptors (Lipinski definition) is 5. The molecule has 3 rings (SSSR count). The number of fused-ring (bicyclic) bond motifs is 1. The zero-order valence-electron chi connectivity index (χ0n) is 17.9. The monoisotopic (exact) mass is 430 g/mol. The van der Waals surface area contributed by atoms with Crippen LogP contribution >= 0.6 is 11.6 Å². The number of rotatable bonds is 9. The highest BCUT2D eigenvalue weighted by Gasteiger charge is 2.41. The lowest BCUT2D eigenvalue weighted by Gasteiger charge is -2.40. The second-order valence-corrected chi connectivity index (χ2v) is 8.05. The van der Waals surface area contributed by atoms with Gasteiger partial charge in [0.05, 0.1) is 19.8 Å². The van der Waals surface area contributed by atoms with Gasteiger partial charge in [-0.15, -0.1) is 0 Å². The summed E-state index contributed by atoms with van der Waals surface area (Å²) < 4.78 is 10.9. The van der Waals surface area contributed by atoms with Gasteiger partial charge in [-0.3, -0.25) is 0 Å². The summed E-state index contributed by atoms with van der Waals surface area (Å²) in [5, 5.41) is 7.79. The van der Waals surface area contributed by atoms with Crippen molar-refractivity contribution in [3.8, 4) is 5.75 Å². The van der Waals surface area contributed by atoms with Crippen molar-refractivity contribution < 1.29 is 14.3 Å². The summed E-state index contributed by atoms with van der Waals surface area (Å²) in [5.41, 5.74) is 2.97. The molecule has 0 aromatic heterocycles. The molecular formula is C24H31ClN2O3. The Kier molecular flexibility index (Phi) is 7.86. The Labute approximate surface area is 184 Å². The van der Waals surface area contributed by atoms with Crippen LogP contribution in [-0.4, -0.2) is 25.7 Å². The summed E-state index contributed by atoms with van der Waals surface area (Å²) >= 11 is 6.07. The third-order valence-electron chi connectivity index (χ3n) is 5.61. The topological polar surface area (TPSA) is 59.6 Å². The Hall–Kier alpha value is -2.40. The van der Waals surface area contributed by atoms with Crippen molar-refractivity contribution in [2.24, 2.45) is 5.92 Å². The molecule has 0 fully saturated rings. The number of unbranched alkanes of at least 4 members (excludes halogenated alkanes) is 2. The van der Waals surface area contributed by atoms with Gasteiger partial charge in [-0.1, -0.05) is 37.8 Å². The standard InChI is InChI=1S/C24H31ClN2O3/c1-4-6-7-8-19-22(26-17-11-9-16(25)10-12-17)20-15-18(29-3)13-14-21(20)27-23(19)24(28)30-5-2/h9-15,19,22-23,26-27H,4-8H2,1-3H3/t19-,22-,23?/m1/s1. The van der Waals surface area contributed by atoms with Crippen molar-refractivity contribution in [1.82, 2.24) is 0 Å². The Morgan fingerprint density at radius 2 is 1.90 bits per heavy atom. The summed E-state index contributed by atoms with van der Waals surface area (Å²) in [7, 11) is 1.67. The van der Waals surface area contributed by atoms with Crippen LogP contribution < -0.4 is 15.4 Å². The maximum atomic E-state index is 12.9. The third kappa shape index (κ3) is 5.20. The van der Waals surface area contributed by atoms with Crippen LogP contribution in [0.2, 0.25) is 5.02 Å². The van der Waals surface area contributed by atoms with E-state index in [0.717, 1.165) is 48.4 Å². The molecule has 30 heavy (non-hydrogen) atoms. The lowest BCUT2D eigenvalue weighted by Crippen LogP contribution is -2.46. The number of anilines is 2. The Bertz CT molecular complexity index is 841. The van der Waals surface area contributed by atoms with E-state index in [2.05, 4.69) is 17.6 Å². The van der Waals surface area contributed by atoms with Crippen LogP contribution in [0.15, 0.2) is 42.5 Å². The fraction of sp³-hybridized carbons (Fsp3) is 0.458. The number of ether oxygens (including phenoxy) is 2. The van der Waals surface area contributed by atoms with Crippen LogP contribution in [0.1, 0.15) is 51.1 Å². The Balaban J connectivity index is 2.01. The van der Waals surface area contributed by atoms with Crippen molar-refractivity contribution in [1.29, 1.82) is 0 Å². The fourth-order valence-electron chi connectivity index (χ4n) is 4.09. The molecule has 1 aliphatic rings. The normalized spacial score (nSPS) is 20.1.